The molecule has 1 aliphatic heterocycles. The first-order chi connectivity index (χ1) is 15.7. The van der Waals surface area contributed by atoms with E-state index in [1.165, 1.54) is 6.42 Å². The van der Waals surface area contributed by atoms with Crippen LogP contribution in [0.3, 0.4) is 0 Å². The number of guanidine groups is 1. The fraction of sp³-hybridized carbons (Fsp3) is 0.480. The van der Waals surface area contributed by atoms with Crippen molar-refractivity contribution >= 4 is 11.6 Å². The molecule has 0 radical (unpaired) electrons. The van der Waals surface area contributed by atoms with Crippen LogP contribution < -0.4 is 29.7 Å². The molecule has 32 heavy (non-hydrogen) atoms. The van der Waals surface area contributed by atoms with Crippen molar-refractivity contribution in [2.45, 2.75) is 44.4 Å². The molecule has 1 saturated heterocycles. The summed E-state index contributed by atoms with van der Waals surface area (Å²) in [5.41, 5.74) is 2.26. The maximum Gasteiger partial charge on any atom is 0.191 e. The Hall–Kier alpha value is -3.09. The molecule has 1 saturated carbocycles. The van der Waals surface area contributed by atoms with Gasteiger partial charge in [-0.3, -0.25) is 4.99 Å². The smallest absolute Gasteiger partial charge is 0.191 e. The van der Waals surface area contributed by atoms with Crippen LogP contribution in [0.25, 0.3) is 0 Å². The summed E-state index contributed by atoms with van der Waals surface area (Å²) in [6, 6.07) is 14.6. The first kappa shape index (κ1) is 22.1. The molecule has 0 amide bonds. The van der Waals surface area contributed by atoms with E-state index in [1.807, 2.05) is 19.2 Å². The molecule has 2 aliphatic rings. The van der Waals surface area contributed by atoms with E-state index in [-0.39, 0.29) is 0 Å². The lowest BCUT2D eigenvalue weighted by atomic mass is 9.96. The summed E-state index contributed by atoms with van der Waals surface area (Å²) in [6.45, 7) is 2.52. The van der Waals surface area contributed by atoms with Gasteiger partial charge in [0.2, 0.25) is 0 Å². The number of methoxy groups -OCH3 is 2. The molecular formula is C25H34N4O3. The van der Waals surface area contributed by atoms with Crippen molar-refractivity contribution in [1.82, 2.24) is 10.6 Å². The lowest BCUT2D eigenvalue weighted by Gasteiger charge is -2.27. The highest BCUT2D eigenvalue weighted by Crippen LogP contribution is 2.30. The molecule has 2 aromatic carbocycles. The van der Waals surface area contributed by atoms with Gasteiger partial charge >= 0.3 is 0 Å². The van der Waals surface area contributed by atoms with E-state index < -0.39 is 0 Å². The average Bonchev–Trinajstić information content (AvgIpc) is 3.27. The number of rotatable bonds is 8. The van der Waals surface area contributed by atoms with Crippen molar-refractivity contribution in [3.8, 4) is 17.2 Å². The van der Waals surface area contributed by atoms with E-state index >= 15 is 0 Å². The van der Waals surface area contributed by atoms with Crippen molar-refractivity contribution < 1.29 is 14.2 Å². The van der Waals surface area contributed by atoms with Crippen molar-refractivity contribution in [2.24, 2.45) is 4.99 Å². The van der Waals surface area contributed by atoms with Gasteiger partial charge in [-0.05, 0) is 31.7 Å². The first-order valence-electron chi connectivity index (χ1n) is 11.4. The van der Waals surface area contributed by atoms with Gasteiger partial charge in [0.05, 0.1) is 20.3 Å². The predicted molar refractivity (Wildman–Crippen MR) is 128 cm³/mol. The maximum atomic E-state index is 6.15. The molecule has 1 aliphatic carbocycles. The third-order valence-corrected chi connectivity index (χ3v) is 6.22. The highest BCUT2D eigenvalue weighted by atomic mass is 16.5. The van der Waals surface area contributed by atoms with E-state index in [0.29, 0.717) is 18.7 Å². The number of hydrogen-bond donors (Lipinski definition) is 2. The highest BCUT2D eigenvalue weighted by molar-refractivity contribution is 5.80. The summed E-state index contributed by atoms with van der Waals surface area (Å²) in [7, 11) is 5.17. The molecule has 7 heteroatoms. The number of benzene rings is 2. The van der Waals surface area contributed by atoms with Crippen LogP contribution >= 0.6 is 0 Å². The zero-order chi connectivity index (χ0) is 22.3. The lowest BCUT2D eigenvalue weighted by molar-refractivity contribution is 0.119. The second-order valence-corrected chi connectivity index (χ2v) is 8.35. The van der Waals surface area contributed by atoms with Crippen molar-refractivity contribution in [2.75, 3.05) is 39.3 Å². The summed E-state index contributed by atoms with van der Waals surface area (Å²) in [4.78, 5) is 6.78. The topological polar surface area (TPSA) is 67.4 Å². The Labute approximate surface area is 190 Å². The Bertz CT molecular complexity index is 907. The second-order valence-electron chi connectivity index (χ2n) is 8.35. The van der Waals surface area contributed by atoms with Gasteiger partial charge in [0, 0.05) is 62.2 Å². The van der Waals surface area contributed by atoms with Gasteiger partial charge in [-0.15, -0.1) is 0 Å². The lowest BCUT2D eigenvalue weighted by Crippen LogP contribution is -2.44. The predicted octanol–water partition coefficient (Wildman–Crippen LogP) is 3.58. The number of hydrogen-bond acceptors (Lipinski definition) is 5. The third-order valence-electron chi connectivity index (χ3n) is 6.22. The summed E-state index contributed by atoms with van der Waals surface area (Å²) < 4.78 is 17.0. The van der Waals surface area contributed by atoms with Gasteiger partial charge in [0.15, 0.2) is 5.96 Å². The number of ether oxygens (including phenoxy) is 3. The van der Waals surface area contributed by atoms with Crippen LogP contribution in [0, 0.1) is 0 Å². The summed E-state index contributed by atoms with van der Waals surface area (Å²) in [6.07, 6.45) is 4.97. The molecular weight excluding hydrogens is 404 g/mol. The van der Waals surface area contributed by atoms with Gasteiger partial charge in [-0.25, -0.2) is 0 Å². The largest absolute Gasteiger partial charge is 0.497 e. The zero-order valence-electron chi connectivity index (χ0n) is 19.3. The molecule has 1 atom stereocenters. The van der Waals surface area contributed by atoms with Crippen LogP contribution in [0.1, 0.15) is 31.2 Å². The molecule has 2 aromatic rings. The molecule has 0 aromatic heterocycles. The minimum Gasteiger partial charge on any atom is -0.497 e. The van der Waals surface area contributed by atoms with Crippen LogP contribution in [0.15, 0.2) is 47.5 Å². The molecule has 1 unspecified atom stereocenters. The van der Waals surface area contributed by atoms with Crippen LogP contribution in [-0.4, -0.2) is 52.5 Å². The second kappa shape index (κ2) is 10.5. The van der Waals surface area contributed by atoms with Crippen molar-refractivity contribution in [3.63, 3.8) is 0 Å². The summed E-state index contributed by atoms with van der Waals surface area (Å²) in [5, 5.41) is 7.02. The van der Waals surface area contributed by atoms with E-state index in [4.69, 9.17) is 14.2 Å². The fourth-order valence-electron chi connectivity index (χ4n) is 4.09. The highest BCUT2D eigenvalue weighted by Gasteiger charge is 2.25. The normalized spacial score (nSPS) is 18.8. The number of para-hydroxylation sites is 1. The van der Waals surface area contributed by atoms with Gasteiger partial charge < -0.3 is 29.7 Å². The number of nitrogens with zero attached hydrogens (tertiary/aromatic N) is 2. The van der Waals surface area contributed by atoms with E-state index in [1.54, 1.807) is 14.2 Å². The standard InChI is InChI=1S/C25H34N4O3/c1-26-25(27-16-18-7-4-5-10-24(18)32-21-8-6-9-21)28-19-11-12-29(17-19)20-13-22(30-2)15-23(14-20)31-3/h4-5,7,10,13-15,19,21H,6,8-9,11-12,16-17H2,1-3H3,(H2,26,27,28). The zero-order valence-corrected chi connectivity index (χ0v) is 19.3. The number of anilines is 1. The molecule has 2 fully saturated rings. The molecule has 2 N–H and O–H groups in total. The quantitative estimate of drug-likeness (QED) is 0.485. The van der Waals surface area contributed by atoms with Crippen molar-refractivity contribution in [1.29, 1.82) is 0 Å². The van der Waals surface area contributed by atoms with E-state index in [0.717, 1.165) is 66.8 Å². The summed E-state index contributed by atoms with van der Waals surface area (Å²) >= 11 is 0. The third kappa shape index (κ3) is 5.39. The molecule has 172 valence electrons. The van der Waals surface area contributed by atoms with E-state index in [9.17, 15) is 0 Å². The van der Waals surface area contributed by atoms with Crippen molar-refractivity contribution in [3.05, 3.63) is 48.0 Å². The average molecular weight is 439 g/mol. The summed E-state index contributed by atoms with van der Waals surface area (Å²) in [5.74, 6) is 3.38. The molecule has 0 spiro atoms. The van der Waals surface area contributed by atoms with Gasteiger partial charge in [0.1, 0.15) is 17.2 Å². The Morgan fingerprint density at radius 1 is 1.06 bits per heavy atom. The number of aliphatic imine (C=N–C) groups is 1. The van der Waals surface area contributed by atoms with Gasteiger partial charge in [-0.1, -0.05) is 18.2 Å². The van der Waals surface area contributed by atoms with Gasteiger partial charge in [-0.2, -0.15) is 0 Å². The number of nitrogens with one attached hydrogen (secondary N) is 2. The Kier molecular flexibility index (Phi) is 7.24. The SMILES string of the molecule is CN=C(NCc1ccccc1OC1CCC1)NC1CCN(c2cc(OC)cc(OC)c2)C1. The molecule has 4 rings (SSSR count). The van der Waals surface area contributed by atoms with Crippen LogP contribution in [0.5, 0.6) is 17.2 Å². The van der Waals surface area contributed by atoms with Gasteiger partial charge in [0.25, 0.3) is 0 Å². The Morgan fingerprint density at radius 2 is 1.81 bits per heavy atom. The minimum atomic E-state index is 0.305. The first-order valence-corrected chi connectivity index (χ1v) is 11.4. The molecule has 7 nitrogen and oxygen atoms in total. The molecule has 1 heterocycles. The van der Waals surface area contributed by atoms with Crippen LogP contribution in [0.4, 0.5) is 5.69 Å². The maximum absolute atomic E-state index is 6.15. The van der Waals surface area contributed by atoms with Crippen LogP contribution in [-0.2, 0) is 6.54 Å². The minimum absolute atomic E-state index is 0.305. The van der Waals surface area contributed by atoms with Crippen LogP contribution in [0.2, 0.25) is 0 Å². The van der Waals surface area contributed by atoms with E-state index in [2.05, 4.69) is 50.9 Å². The Balaban J connectivity index is 1.32. The fourth-order valence-corrected chi connectivity index (χ4v) is 4.09. The Morgan fingerprint density at radius 3 is 2.47 bits per heavy atom. The monoisotopic (exact) mass is 438 g/mol. The molecule has 0 bridgehead atoms.